The van der Waals surface area contributed by atoms with Gasteiger partial charge in [0.2, 0.25) is 0 Å². The van der Waals surface area contributed by atoms with E-state index in [1.165, 1.54) is 0 Å². The van der Waals surface area contributed by atoms with E-state index < -0.39 is 0 Å². The predicted molar refractivity (Wildman–Crippen MR) is 72.1 cm³/mol. The zero-order valence-electron chi connectivity index (χ0n) is 9.89. The number of likely N-dealkylation sites (tertiary alicyclic amines) is 1. The molecule has 1 fully saturated rings. The maximum Gasteiger partial charge on any atom is 0.155 e. The van der Waals surface area contributed by atoms with Crippen molar-refractivity contribution in [3.8, 4) is 0 Å². The maximum absolute atomic E-state index is 5.62. The number of piperidine rings is 1. The van der Waals surface area contributed by atoms with Gasteiger partial charge in [0.05, 0.1) is 0 Å². The number of rotatable bonds is 3. The molecule has 92 valence electrons. The molecule has 0 radical (unpaired) electrons. The molecule has 0 aliphatic carbocycles. The Morgan fingerprint density at radius 2 is 2.06 bits per heavy atom. The molecule has 2 rings (SSSR count). The Kier molecular flexibility index (Phi) is 3.86. The van der Waals surface area contributed by atoms with Crippen molar-refractivity contribution in [2.45, 2.75) is 18.9 Å². The molecule has 2 heterocycles. The van der Waals surface area contributed by atoms with Crippen LogP contribution in [0.25, 0.3) is 0 Å². The van der Waals surface area contributed by atoms with Gasteiger partial charge in [-0.05, 0) is 33.0 Å². The lowest BCUT2D eigenvalue weighted by Crippen LogP contribution is -2.37. The number of aromatic nitrogens is 2. The number of thiocarbonyl (C=S) groups is 1. The second-order valence-electron chi connectivity index (χ2n) is 4.34. The van der Waals surface area contributed by atoms with Crippen LogP contribution in [0.4, 0.5) is 5.82 Å². The smallest absolute Gasteiger partial charge is 0.155 e. The van der Waals surface area contributed by atoms with Gasteiger partial charge in [0.15, 0.2) is 5.82 Å². The lowest BCUT2D eigenvalue weighted by atomic mass is 10.1. The quantitative estimate of drug-likeness (QED) is 0.768. The molecule has 5 nitrogen and oxygen atoms in total. The first kappa shape index (κ1) is 12.2. The van der Waals surface area contributed by atoms with Crippen LogP contribution in [-0.2, 0) is 0 Å². The topological polar surface area (TPSA) is 67.1 Å². The highest BCUT2D eigenvalue weighted by molar-refractivity contribution is 7.80. The van der Waals surface area contributed by atoms with Crippen LogP contribution in [0.5, 0.6) is 0 Å². The third-order valence-electron chi connectivity index (χ3n) is 2.99. The Labute approximate surface area is 106 Å². The third kappa shape index (κ3) is 3.10. The summed E-state index contributed by atoms with van der Waals surface area (Å²) in [6.07, 6.45) is 5.46. The van der Waals surface area contributed by atoms with E-state index in [-0.39, 0.29) is 4.99 Å². The fourth-order valence-corrected chi connectivity index (χ4v) is 2.12. The van der Waals surface area contributed by atoms with Crippen LogP contribution in [0.2, 0.25) is 0 Å². The lowest BCUT2D eigenvalue weighted by molar-refractivity contribution is 0.263. The summed E-state index contributed by atoms with van der Waals surface area (Å²) >= 11 is 4.96. The van der Waals surface area contributed by atoms with Crippen LogP contribution in [0.3, 0.4) is 0 Å². The highest BCUT2D eigenvalue weighted by atomic mass is 32.1. The minimum Gasteiger partial charge on any atom is -0.388 e. The molecule has 0 saturated carbocycles. The molecule has 1 aromatic rings. The summed E-state index contributed by atoms with van der Waals surface area (Å²) in [6.45, 7) is 2.20. The van der Waals surface area contributed by atoms with Crippen LogP contribution < -0.4 is 11.1 Å². The molecule has 3 N–H and O–H groups in total. The zero-order chi connectivity index (χ0) is 12.3. The Morgan fingerprint density at radius 3 is 2.71 bits per heavy atom. The van der Waals surface area contributed by atoms with Gasteiger partial charge in [0, 0.05) is 18.4 Å². The minimum absolute atomic E-state index is 0.286. The SMILES string of the molecule is CN1CCC(Nc2nccnc2C(N)=S)CC1. The molecule has 6 heteroatoms. The van der Waals surface area contributed by atoms with E-state index in [1.807, 2.05) is 0 Å². The number of nitrogens with one attached hydrogen (secondary N) is 1. The maximum atomic E-state index is 5.62. The second-order valence-corrected chi connectivity index (χ2v) is 4.78. The molecule has 0 atom stereocenters. The highest BCUT2D eigenvalue weighted by Crippen LogP contribution is 2.16. The molecular weight excluding hydrogens is 234 g/mol. The monoisotopic (exact) mass is 251 g/mol. The molecule has 1 saturated heterocycles. The molecule has 0 spiro atoms. The highest BCUT2D eigenvalue weighted by Gasteiger charge is 2.18. The lowest BCUT2D eigenvalue weighted by Gasteiger charge is -2.30. The summed E-state index contributed by atoms with van der Waals surface area (Å²) in [6, 6.07) is 0.427. The Balaban J connectivity index is 2.05. The first-order valence-electron chi connectivity index (χ1n) is 5.72. The fraction of sp³-hybridized carbons (Fsp3) is 0.545. The predicted octanol–water partition coefficient (Wildman–Crippen LogP) is 0.617. The molecule has 17 heavy (non-hydrogen) atoms. The van der Waals surface area contributed by atoms with E-state index in [0.717, 1.165) is 25.9 Å². The Hall–Kier alpha value is -1.27. The molecule has 1 aliphatic rings. The second kappa shape index (κ2) is 5.37. The number of hydrogen-bond acceptors (Lipinski definition) is 5. The van der Waals surface area contributed by atoms with Crippen molar-refractivity contribution in [2.24, 2.45) is 5.73 Å². The molecule has 1 aromatic heterocycles. The average Bonchev–Trinajstić information content (AvgIpc) is 2.32. The Morgan fingerprint density at radius 1 is 1.41 bits per heavy atom. The summed E-state index contributed by atoms with van der Waals surface area (Å²) < 4.78 is 0. The first-order valence-corrected chi connectivity index (χ1v) is 6.13. The fourth-order valence-electron chi connectivity index (χ4n) is 1.97. The van der Waals surface area contributed by atoms with E-state index in [2.05, 4.69) is 27.2 Å². The van der Waals surface area contributed by atoms with Crippen LogP contribution in [0.1, 0.15) is 18.5 Å². The summed E-state index contributed by atoms with van der Waals surface area (Å²) in [5.74, 6) is 0.703. The van der Waals surface area contributed by atoms with Crippen molar-refractivity contribution < 1.29 is 0 Å². The molecule has 0 amide bonds. The third-order valence-corrected chi connectivity index (χ3v) is 3.18. The molecule has 0 aromatic carbocycles. The van der Waals surface area contributed by atoms with E-state index in [1.54, 1.807) is 12.4 Å². The van der Waals surface area contributed by atoms with Gasteiger partial charge in [-0.3, -0.25) is 0 Å². The van der Waals surface area contributed by atoms with Crippen molar-refractivity contribution in [3.05, 3.63) is 18.1 Å². The summed E-state index contributed by atoms with van der Waals surface area (Å²) in [5.41, 5.74) is 6.21. The molecule has 0 bridgehead atoms. The van der Waals surface area contributed by atoms with Crippen molar-refractivity contribution in [2.75, 3.05) is 25.5 Å². The molecule has 1 aliphatic heterocycles. The summed E-state index contributed by atoms with van der Waals surface area (Å²) in [7, 11) is 2.14. The van der Waals surface area contributed by atoms with E-state index in [4.69, 9.17) is 18.0 Å². The van der Waals surface area contributed by atoms with Gasteiger partial charge in [0.25, 0.3) is 0 Å². The van der Waals surface area contributed by atoms with Gasteiger partial charge in [-0.2, -0.15) is 0 Å². The zero-order valence-corrected chi connectivity index (χ0v) is 10.7. The van der Waals surface area contributed by atoms with E-state index >= 15 is 0 Å². The standard InChI is InChI=1S/C11H17N5S/c1-16-6-2-8(3-7-16)15-11-9(10(12)17)13-4-5-14-11/h4-5,8H,2-3,6-7H2,1H3,(H2,12,17)(H,14,15). The van der Waals surface area contributed by atoms with Gasteiger partial charge in [0.1, 0.15) is 10.7 Å². The molecular formula is C11H17N5S. The van der Waals surface area contributed by atoms with Gasteiger partial charge in [-0.25, -0.2) is 9.97 Å². The summed E-state index contributed by atoms with van der Waals surface area (Å²) in [4.78, 5) is 11.0. The Bertz CT molecular complexity index is 401. The minimum atomic E-state index is 0.286. The number of nitrogens with zero attached hydrogens (tertiary/aromatic N) is 3. The number of anilines is 1. The van der Waals surface area contributed by atoms with Gasteiger partial charge in [-0.1, -0.05) is 12.2 Å². The van der Waals surface area contributed by atoms with E-state index in [9.17, 15) is 0 Å². The van der Waals surface area contributed by atoms with Crippen LogP contribution in [0.15, 0.2) is 12.4 Å². The van der Waals surface area contributed by atoms with Crippen molar-refractivity contribution in [1.29, 1.82) is 0 Å². The van der Waals surface area contributed by atoms with Crippen molar-refractivity contribution in [1.82, 2.24) is 14.9 Å². The van der Waals surface area contributed by atoms with Gasteiger partial charge >= 0.3 is 0 Å². The van der Waals surface area contributed by atoms with Crippen LogP contribution in [0, 0.1) is 0 Å². The van der Waals surface area contributed by atoms with Gasteiger partial charge < -0.3 is 16.0 Å². The van der Waals surface area contributed by atoms with Crippen molar-refractivity contribution in [3.63, 3.8) is 0 Å². The number of nitrogens with two attached hydrogens (primary N) is 1. The average molecular weight is 251 g/mol. The number of hydrogen-bond donors (Lipinski definition) is 2. The van der Waals surface area contributed by atoms with Gasteiger partial charge in [-0.15, -0.1) is 0 Å². The summed E-state index contributed by atoms with van der Waals surface area (Å²) in [5, 5.41) is 3.38. The first-order chi connectivity index (χ1) is 8.16. The molecule has 0 unspecified atom stereocenters. The van der Waals surface area contributed by atoms with E-state index in [0.29, 0.717) is 17.6 Å². The normalized spacial score (nSPS) is 17.9. The van der Waals surface area contributed by atoms with Crippen LogP contribution >= 0.6 is 12.2 Å². The largest absolute Gasteiger partial charge is 0.388 e. The van der Waals surface area contributed by atoms with Crippen molar-refractivity contribution >= 4 is 23.0 Å². The van der Waals surface area contributed by atoms with Crippen LogP contribution in [-0.4, -0.2) is 46.0 Å².